The quantitative estimate of drug-likeness (QED) is 0.932. The minimum absolute atomic E-state index is 0.0491. The number of nitrogens with zero attached hydrogens (tertiary/aromatic N) is 2. The topological polar surface area (TPSA) is 71.4 Å². The maximum absolute atomic E-state index is 12.1. The molecule has 118 valence electrons. The monoisotopic (exact) mass is 311 g/mol. The molecule has 1 fully saturated rings. The van der Waals surface area contributed by atoms with Crippen molar-refractivity contribution in [3.05, 3.63) is 59.0 Å². The number of anilines is 2. The molecular formula is C17H17N3O3. The van der Waals surface area contributed by atoms with Crippen LogP contribution >= 0.6 is 0 Å². The van der Waals surface area contributed by atoms with Crippen molar-refractivity contribution in [3.8, 4) is 0 Å². The normalized spacial score (nSPS) is 14.1. The Kier molecular flexibility index (Phi) is 4.23. The highest BCUT2D eigenvalue weighted by molar-refractivity contribution is 5.97. The van der Waals surface area contributed by atoms with Crippen LogP contribution in [0, 0.1) is 0 Å². The lowest BCUT2D eigenvalue weighted by Gasteiger charge is -2.16. The number of aromatic nitrogens is 1. The summed E-state index contributed by atoms with van der Waals surface area (Å²) in [4.78, 5) is 37.2. The minimum Gasteiger partial charge on any atom is -0.324 e. The van der Waals surface area contributed by atoms with Gasteiger partial charge in [0, 0.05) is 36.6 Å². The fourth-order valence-corrected chi connectivity index (χ4v) is 2.62. The number of hydrogen-bond acceptors (Lipinski definition) is 3. The summed E-state index contributed by atoms with van der Waals surface area (Å²) < 4.78 is 1.34. The summed E-state index contributed by atoms with van der Waals surface area (Å²) >= 11 is 0. The Hall–Kier alpha value is -2.89. The van der Waals surface area contributed by atoms with Gasteiger partial charge in [0.25, 0.3) is 5.56 Å². The molecule has 2 amide bonds. The SMILES string of the molecule is O=C(Cn1ccccc1=O)Nc1cccc(N2CCCC2=O)c1. The van der Waals surface area contributed by atoms with Crippen LogP contribution in [0.4, 0.5) is 11.4 Å². The molecule has 0 radical (unpaired) electrons. The van der Waals surface area contributed by atoms with Crippen molar-refractivity contribution >= 4 is 23.2 Å². The zero-order valence-corrected chi connectivity index (χ0v) is 12.6. The standard InChI is InChI=1S/C17H17N3O3/c21-15(12-19-9-2-1-7-16(19)22)18-13-5-3-6-14(11-13)20-10-4-8-17(20)23/h1-3,5-7,9,11H,4,8,10,12H2,(H,18,21). The Morgan fingerprint density at radius 1 is 1.13 bits per heavy atom. The molecule has 1 saturated heterocycles. The third-order valence-electron chi connectivity index (χ3n) is 3.73. The van der Waals surface area contributed by atoms with Gasteiger partial charge in [-0.1, -0.05) is 12.1 Å². The van der Waals surface area contributed by atoms with Crippen molar-refractivity contribution in [3.63, 3.8) is 0 Å². The summed E-state index contributed by atoms with van der Waals surface area (Å²) in [6, 6.07) is 11.9. The molecule has 6 nitrogen and oxygen atoms in total. The maximum atomic E-state index is 12.1. The first-order valence-electron chi connectivity index (χ1n) is 7.49. The molecule has 2 aromatic rings. The second-order valence-corrected chi connectivity index (χ2v) is 5.41. The minimum atomic E-state index is -0.289. The van der Waals surface area contributed by atoms with Crippen LogP contribution in [-0.4, -0.2) is 22.9 Å². The second kappa shape index (κ2) is 6.48. The molecule has 3 rings (SSSR count). The average Bonchev–Trinajstić information content (AvgIpc) is 2.96. The van der Waals surface area contributed by atoms with E-state index in [0.29, 0.717) is 18.7 Å². The van der Waals surface area contributed by atoms with Crippen LogP contribution in [0.3, 0.4) is 0 Å². The molecule has 0 spiro atoms. The van der Waals surface area contributed by atoms with E-state index in [2.05, 4.69) is 5.32 Å². The van der Waals surface area contributed by atoms with E-state index in [1.54, 1.807) is 41.4 Å². The molecule has 0 atom stereocenters. The van der Waals surface area contributed by atoms with E-state index in [-0.39, 0.29) is 23.9 Å². The largest absolute Gasteiger partial charge is 0.324 e. The highest BCUT2D eigenvalue weighted by Gasteiger charge is 2.21. The lowest BCUT2D eigenvalue weighted by atomic mass is 10.2. The lowest BCUT2D eigenvalue weighted by Crippen LogP contribution is -2.27. The Labute approximate surface area is 133 Å². The Morgan fingerprint density at radius 3 is 2.74 bits per heavy atom. The Bertz CT molecular complexity index is 797. The van der Waals surface area contributed by atoms with Gasteiger partial charge >= 0.3 is 0 Å². The molecule has 1 aliphatic rings. The highest BCUT2D eigenvalue weighted by Crippen LogP contribution is 2.24. The smallest absolute Gasteiger partial charge is 0.250 e. The summed E-state index contributed by atoms with van der Waals surface area (Å²) in [7, 11) is 0. The van der Waals surface area contributed by atoms with Gasteiger partial charge in [0.1, 0.15) is 6.54 Å². The van der Waals surface area contributed by atoms with Gasteiger partial charge in [-0.3, -0.25) is 14.4 Å². The van der Waals surface area contributed by atoms with Crippen LogP contribution in [0.25, 0.3) is 0 Å². The molecule has 0 unspecified atom stereocenters. The van der Waals surface area contributed by atoms with Crippen LogP contribution < -0.4 is 15.8 Å². The number of hydrogen-bond donors (Lipinski definition) is 1. The fraction of sp³-hybridized carbons (Fsp3) is 0.235. The summed E-state index contributed by atoms with van der Waals surface area (Å²) in [5.41, 5.74) is 1.16. The number of carbonyl (C=O) groups is 2. The van der Waals surface area contributed by atoms with Gasteiger partial charge in [-0.05, 0) is 30.7 Å². The third-order valence-corrected chi connectivity index (χ3v) is 3.73. The molecule has 1 aliphatic heterocycles. The summed E-state index contributed by atoms with van der Waals surface area (Å²) in [6.07, 6.45) is 2.99. The number of carbonyl (C=O) groups excluding carboxylic acids is 2. The molecule has 0 bridgehead atoms. The molecule has 0 saturated carbocycles. The first kappa shape index (κ1) is 15.0. The molecule has 1 aromatic carbocycles. The van der Waals surface area contributed by atoms with Crippen molar-refractivity contribution in [2.24, 2.45) is 0 Å². The molecule has 23 heavy (non-hydrogen) atoms. The first-order valence-corrected chi connectivity index (χ1v) is 7.49. The zero-order chi connectivity index (χ0) is 16.2. The predicted molar refractivity (Wildman–Crippen MR) is 87.4 cm³/mol. The molecular weight excluding hydrogens is 294 g/mol. The average molecular weight is 311 g/mol. The fourth-order valence-electron chi connectivity index (χ4n) is 2.62. The van der Waals surface area contributed by atoms with Gasteiger partial charge in [0.2, 0.25) is 11.8 Å². The molecule has 2 heterocycles. The first-order chi connectivity index (χ1) is 11.1. The van der Waals surface area contributed by atoms with Gasteiger partial charge < -0.3 is 14.8 Å². The number of nitrogens with one attached hydrogen (secondary N) is 1. The molecule has 1 aromatic heterocycles. The lowest BCUT2D eigenvalue weighted by molar-refractivity contribution is -0.117. The number of benzene rings is 1. The van der Waals surface area contributed by atoms with Gasteiger partial charge in [0.15, 0.2) is 0 Å². The van der Waals surface area contributed by atoms with Crippen molar-refractivity contribution in [1.29, 1.82) is 0 Å². The summed E-state index contributed by atoms with van der Waals surface area (Å²) in [6.45, 7) is 0.655. The van der Waals surface area contributed by atoms with Crippen LogP contribution in [0.5, 0.6) is 0 Å². The van der Waals surface area contributed by atoms with Crippen LogP contribution in [0.1, 0.15) is 12.8 Å². The van der Waals surface area contributed by atoms with Crippen molar-refractivity contribution in [1.82, 2.24) is 4.57 Å². The van der Waals surface area contributed by atoms with Crippen molar-refractivity contribution < 1.29 is 9.59 Å². The Morgan fingerprint density at radius 2 is 2.00 bits per heavy atom. The third kappa shape index (κ3) is 3.48. The second-order valence-electron chi connectivity index (χ2n) is 5.41. The molecule has 0 aliphatic carbocycles. The maximum Gasteiger partial charge on any atom is 0.250 e. The van der Waals surface area contributed by atoms with E-state index in [9.17, 15) is 14.4 Å². The summed E-state index contributed by atoms with van der Waals surface area (Å²) in [5, 5.41) is 2.76. The van der Waals surface area contributed by atoms with Gasteiger partial charge in [0.05, 0.1) is 0 Å². The van der Waals surface area contributed by atoms with E-state index in [4.69, 9.17) is 0 Å². The van der Waals surface area contributed by atoms with Crippen molar-refractivity contribution in [2.75, 3.05) is 16.8 Å². The van der Waals surface area contributed by atoms with E-state index >= 15 is 0 Å². The van der Waals surface area contributed by atoms with Gasteiger partial charge in [-0.2, -0.15) is 0 Å². The van der Waals surface area contributed by atoms with Gasteiger partial charge in [-0.25, -0.2) is 0 Å². The van der Waals surface area contributed by atoms with E-state index < -0.39 is 0 Å². The van der Waals surface area contributed by atoms with Crippen LogP contribution in [0.15, 0.2) is 53.5 Å². The highest BCUT2D eigenvalue weighted by atomic mass is 16.2. The number of rotatable bonds is 4. The molecule has 1 N–H and O–H groups in total. The van der Waals surface area contributed by atoms with Crippen LogP contribution in [0.2, 0.25) is 0 Å². The van der Waals surface area contributed by atoms with Crippen LogP contribution in [-0.2, 0) is 16.1 Å². The van der Waals surface area contributed by atoms with E-state index in [0.717, 1.165) is 12.1 Å². The predicted octanol–water partition coefficient (Wildman–Crippen LogP) is 1.61. The van der Waals surface area contributed by atoms with Crippen molar-refractivity contribution in [2.45, 2.75) is 19.4 Å². The number of pyridine rings is 1. The summed E-state index contributed by atoms with van der Waals surface area (Å²) in [5.74, 6) is -0.187. The van der Waals surface area contributed by atoms with E-state index in [1.165, 1.54) is 10.6 Å². The zero-order valence-electron chi connectivity index (χ0n) is 12.6. The number of amides is 2. The molecule has 6 heteroatoms. The van der Waals surface area contributed by atoms with E-state index in [1.807, 2.05) is 6.07 Å². The van der Waals surface area contributed by atoms with Gasteiger partial charge in [-0.15, -0.1) is 0 Å². The Balaban J connectivity index is 1.70.